The molecule has 0 unspecified atom stereocenters. The molecule has 0 atom stereocenters. The van der Waals surface area contributed by atoms with Crippen molar-refractivity contribution < 1.29 is 26.3 Å². The van der Waals surface area contributed by atoms with Gasteiger partial charge in [-0.3, -0.25) is 0 Å². The fraction of sp³-hybridized carbons (Fsp3) is 0.414. The van der Waals surface area contributed by atoms with Crippen LogP contribution >= 0.6 is 0 Å². The maximum atomic E-state index is 13.6. The van der Waals surface area contributed by atoms with Crippen LogP contribution in [-0.2, 0) is 16.4 Å². The number of nitrogens with zero attached hydrogens (tertiary/aromatic N) is 2. The van der Waals surface area contributed by atoms with Crippen LogP contribution in [-0.4, -0.2) is 57.7 Å². The SMILES string of the molecule is CN[C@H]1CC[C@H](Nc2cccc3c2cc(C#CCNc2ccc(S(C)(=O)=O)cc2OCC#N)n3CC(F)(F)F)CC1. The summed E-state index contributed by atoms with van der Waals surface area (Å²) in [7, 11) is -1.54. The molecular formula is C29H32F3N5O3S. The molecule has 4 rings (SSSR count). The molecule has 1 saturated carbocycles. The average molecular weight is 588 g/mol. The first kappa shape index (κ1) is 30.1. The maximum Gasteiger partial charge on any atom is 0.406 e. The van der Waals surface area contributed by atoms with E-state index < -0.39 is 22.6 Å². The fourth-order valence-electron chi connectivity index (χ4n) is 4.99. The van der Waals surface area contributed by atoms with E-state index in [2.05, 4.69) is 27.8 Å². The van der Waals surface area contributed by atoms with Crippen LogP contribution in [0.1, 0.15) is 31.4 Å². The Kier molecular flexibility index (Phi) is 9.36. The molecule has 0 aliphatic heterocycles. The first-order valence-corrected chi connectivity index (χ1v) is 15.1. The summed E-state index contributed by atoms with van der Waals surface area (Å²) in [6, 6.07) is 13.7. The Morgan fingerprint density at radius 2 is 1.80 bits per heavy atom. The van der Waals surface area contributed by atoms with Crippen LogP contribution in [0.5, 0.6) is 5.75 Å². The number of anilines is 2. The zero-order valence-electron chi connectivity index (χ0n) is 22.8. The average Bonchev–Trinajstić information content (AvgIpc) is 3.26. The van der Waals surface area contributed by atoms with Crippen molar-refractivity contribution in [1.82, 2.24) is 9.88 Å². The second-order valence-electron chi connectivity index (χ2n) is 9.98. The Bertz CT molecular complexity index is 1590. The summed E-state index contributed by atoms with van der Waals surface area (Å²) < 4.78 is 71.0. The van der Waals surface area contributed by atoms with Gasteiger partial charge in [-0.25, -0.2) is 8.42 Å². The van der Waals surface area contributed by atoms with Gasteiger partial charge in [0.15, 0.2) is 16.4 Å². The number of alkyl halides is 3. The monoisotopic (exact) mass is 587 g/mol. The Morgan fingerprint density at radius 1 is 1.07 bits per heavy atom. The third-order valence-electron chi connectivity index (χ3n) is 7.04. The van der Waals surface area contributed by atoms with E-state index in [-0.39, 0.29) is 35.5 Å². The van der Waals surface area contributed by atoms with E-state index in [0.717, 1.165) is 37.6 Å². The molecule has 0 spiro atoms. The van der Waals surface area contributed by atoms with E-state index in [1.807, 2.05) is 19.2 Å². The summed E-state index contributed by atoms with van der Waals surface area (Å²) in [5, 5.41) is 19.4. The first-order chi connectivity index (χ1) is 19.5. The van der Waals surface area contributed by atoms with Crippen LogP contribution in [0.15, 0.2) is 47.4 Å². The third kappa shape index (κ3) is 7.87. The van der Waals surface area contributed by atoms with Gasteiger partial charge in [-0.1, -0.05) is 12.0 Å². The minimum atomic E-state index is -4.44. The highest BCUT2D eigenvalue weighted by Crippen LogP contribution is 2.32. The number of fused-ring (bicyclic) bond motifs is 1. The lowest BCUT2D eigenvalue weighted by Gasteiger charge is -2.29. The number of hydrogen-bond acceptors (Lipinski definition) is 7. The minimum absolute atomic E-state index is 0.0261. The quantitative estimate of drug-likeness (QED) is 0.305. The molecule has 1 aromatic heterocycles. The standard InChI is InChI=1S/C29H32F3N5O3S/c1-34-20-8-10-21(11-9-20)36-25-6-3-7-27-24(25)17-22(37(27)19-29(30,31)32)5-4-15-35-26-13-12-23(41(2,38)39)18-28(26)40-16-14-33/h3,6-7,12-13,17-18,20-21,34-36H,8-11,15-16,19H2,1-2H3/t20-,21-. The smallest absolute Gasteiger partial charge is 0.406 e. The molecule has 1 heterocycles. The predicted molar refractivity (Wildman–Crippen MR) is 153 cm³/mol. The summed E-state index contributed by atoms with van der Waals surface area (Å²) in [5.41, 5.74) is 1.85. The van der Waals surface area contributed by atoms with Crippen molar-refractivity contribution in [3.63, 3.8) is 0 Å². The molecule has 8 nitrogen and oxygen atoms in total. The van der Waals surface area contributed by atoms with Gasteiger partial charge in [-0.2, -0.15) is 18.4 Å². The number of rotatable bonds is 9. The Labute approximate surface area is 237 Å². The number of sulfone groups is 1. The van der Waals surface area contributed by atoms with Crippen molar-refractivity contribution in [2.75, 3.05) is 37.1 Å². The number of nitriles is 1. The van der Waals surface area contributed by atoms with Crippen molar-refractivity contribution >= 4 is 32.1 Å². The van der Waals surface area contributed by atoms with Gasteiger partial charge in [0.05, 0.1) is 28.3 Å². The number of benzene rings is 2. The van der Waals surface area contributed by atoms with Gasteiger partial charge in [0.1, 0.15) is 18.4 Å². The lowest BCUT2D eigenvalue weighted by atomic mass is 9.91. The van der Waals surface area contributed by atoms with Gasteiger partial charge in [0.25, 0.3) is 0 Å². The summed E-state index contributed by atoms with van der Waals surface area (Å²) in [4.78, 5) is 0.0261. The zero-order chi connectivity index (χ0) is 29.6. The van der Waals surface area contributed by atoms with E-state index in [9.17, 15) is 21.6 Å². The summed E-state index contributed by atoms with van der Waals surface area (Å²) >= 11 is 0. The van der Waals surface area contributed by atoms with Crippen molar-refractivity contribution in [2.45, 2.75) is 55.4 Å². The van der Waals surface area contributed by atoms with Crippen LogP contribution in [0.4, 0.5) is 24.5 Å². The normalized spacial score (nSPS) is 17.4. The van der Waals surface area contributed by atoms with Crippen molar-refractivity contribution in [2.24, 2.45) is 0 Å². The largest absolute Gasteiger partial charge is 0.477 e. The first-order valence-electron chi connectivity index (χ1n) is 13.2. The Balaban J connectivity index is 1.58. The van der Waals surface area contributed by atoms with E-state index in [4.69, 9.17) is 10.00 Å². The summed E-state index contributed by atoms with van der Waals surface area (Å²) in [6.07, 6.45) is 0.615. The van der Waals surface area contributed by atoms with E-state index in [1.165, 1.54) is 22.8 Å². The molecule has 0 radical (unpaired) electrons. The molecule has 218 valence electrons. The summed E-state index contributed by atoms with van der Waals surface area (Å²) in [6.45, 7) is -1.43. The van der Waals surface area contributed by atoms with Crippen LogP contribution in [0, 0.1) is 23.2 Å². The molecule has 41 heavy (non-hydrogen) atoms. The highest BCUT2D eigenvalue weighted by Gasteiger charge is 2.30. The van der Waals surface area contributed by atoms with Crippen molar-refractivity contribution in [3.8, 4) is 23.7 Å². The molecule has 2 aromatic carbocycles. The van der Waals surface area contributed by atoms with E-state index >= 15 is 0 Å². The van der Waals surface area contributed by atoms with Crippen LogP contribution in [0.2, 0.25) is 0 Å². The zero-order valence-corrected chi connectivity index (χ0v) is 23.6. The van der Waals surface area contributed by atoms with E-state index in [0.29, 0.717) is 22.6 Å². The molecule has 3 aromatic rings. The van der Waals surface area contributed by atoms with Crippen LogP contribution < -0.4 is 20.7 Å². The number of halogens is 3. The van der Waals surface area contributed by atoms with Gasteiger partial charge in [-0.05, 0) is 69.0 Å². The van der Waals surface area contributed by atoms with E-state index in [1.54, 1.807) is 18.2 Å². The van der Waals surface area contributed by atoms with Gasteiger partial charge in [-0.15, -0.1) is 0 Å². The van der Waals surface area contributed by atoms with Crippen molar-refractivity contribution in [3.05, 3.63) is 48.2 Å². The molecule has 0 bridgehead atoms. The predicted octanol–water partition coefficient (Wildman–Crippen LogP) is 4.92. The van der Waals surface area contributed by atoms with Gasteiger partial charge < -0.3 is 25.3 Å². The highest BCUT2D eigenvalue weighted by molar-refractivity contribution is 7.90. The fourth-order valence-corrected chi connectivity index (χ4v) is 5.63. The van der Waals surface area contributed by atoms with Crippen molar-refractivity contribution in [1.29, 1.82) is 5.26 Å². The van der Waals surface area contributed by atoms with Gasteiger partial charge in [0.2, 0.25) is 0 Å². The maximum absolute atomic E-state index is 13.6. The van der Waals surface area contributed by atoms with Gasteiger partial charge >= 0.3 is 6.18 Å². The number of ether oxygens (including phenoxy) is 1. The second-order valence-corrected chi connectivity index (χ2v) is 12.0. The molecule has 1 fully saturated rings. The molecular weight excluding hydrogens is 555 g/mol. The highest BCUT2D eigenvalue weighted by atomic mass is 32.2. The molecule has 1 aliphatic rings. The minimum Gasteiger partial charge on any atom is -0.477 e. The van der Waals surface area contributed by atoms with Crippen LogP contribution in [0.25, 0.3) is 10.9 Å². The number of aromatic nitrogens is 1. The third-order valence-corrected chi connectivity index (χ3v) is 8.15. The van der Waals surface area contributed by atoms with Crippen LogP contribution in [0.3, 0.4) is 0 Å². The lowest BCUT2D eigenvalue weighted by molar-refractivity contribution is -0.140. The molecule has 0 amide bonds. The number of hydrogen-bond donors (Lipinski definition) is 3. The number of nitrogens with one attached hydrogen (secondary N) is 3. The molecule has 3 N–H and O–H groups in total. The second kappa shape index (κ2) is 12.8. The topological polar surface area (TPSA) is 108 Å². The lowest BCUT2D eigenvalue weighted by Crippen LogP contribution is -2.34. The molecule has 12 heteroatoms. The van der Waals surface area contributed by atoms with Gasteiger partial charge in [0, 0.05) is 35.5 Å². The summed E-state index contributed by atoms with van der Waals surface area (Å²) in [5.74, 6) is 5.88. The molecule has 1 aliphatic carbocycles. The Morgan fingerprint density at radius 3 is 2.46 bits per heavy atom. The molecule has 0 saturated heterocycles. The Hall–Kier alpha value is -3.87.